The fraction of sp³-hybridized carbons (Fsp3) is 0.154. The van der Waals surface area contributed by atoms with Gasteiger partial charge in [0.2, 0.25) is 0 Å². The van der Waals surface area contributed by atoms with E-state index in [9.17, 15) is 10.1 Å². The lowest BCUT2D eigenvalue weighted by Crippen LogP contribution is -2.23. The summed E-state index contributed by atoms with van der Waals surface area (Å²) in [5.74, 6) is 0.922. The number of rotatable bonds is 7. The maximum atomic E-state index is 10.6. The van der Waals surface area contributed by atoms with E-state index in [2.05, 4.69) is 27.8 Å². The standard InChI is InChI=1S/C13H14N6O4S/c1-22-12-4-9(5-15-17-13(14)24)2-3-11(12)23-8-18-7-10(6-16-18)19(20)21/h2-7H,8H2,1H3,(H3,14,17,24). The number of aromatic nitrogens is 2. The van der Waals surface area contributed by atoms with Crippen molar-refractivity contribution in [3.8, 4) is 11.5 Å². The van der Waals surface area contributed by atoms with Gasteiger partial charge in [-0.25, -0.2) is 4.68 Å². The molecule has 0 amide bonds. The zero-order valence-corrected chi connectivity index (χ0v) is 13.4. The van der Waals surface area contributed by atoms with Crippen LogP contribution in [0.15, 0.2) is 35.7 Å². The highest BCUT2D eigenvalue weighted by molar-refractivity contribution is 7.80. The molecule has 2 aromatic rings. The van der Waals surface area contributed by atoms with Crippen LogP contribution >= 0.6 is 12.2 Å². The van der Waals surface area contributed by atoms with E-state index >= 15 is 0 Å². The predicted octanol–water partition coefficient (Wildman–Crippen LogP) is 1.00. The molecule has 1 aromatic heterocycles. The fourth-order valence-corrected chi connectivity index (χ4v) is 1.76. The highest BCUT2D eigenvalue weighted by atomic mass is 32.1. The Labute approximate surface area is 142 Å². The molecule has 0 saturated heterocycles. The van der Waals surface area contributed by atoms with E-state index < -0.39 is 4.92 Å². The second kappa shape index (κ2) is 7.87. The molecule has 0 spiro atoms. The summed E-state index contributed by atoms with van der Waals surface area (Å²) in [4.78, 5) is 10.1. The average molecular weight is 350 g/mol. The van der Waals surface area contributed by atoms with E-state index in [4.69, 9.17) is 15.2 Å². The van der Waals surface area contributed by atoms with Crippen LogP contribution in [-0.4, -0.2) is 33.1 Å². The summed E-state index contributed by atoms with van der Waals surface area (Å²) in [6, 6.07) is 5.12. The van der Waals surface area contributed by atoms with Crippen molar-refractivity contribution in [2.75, 3.05) is 7.11 Å². The third-order valence-corrected chi connectivity index (χ3v) is 2.85. The topological polar surface area (TPSA) is 130 Å². The molecule has 2 rings (SSSR count). The van der Waals surface area contributed by atoms with Gasteiger partial charge in [-0.05, 0) is 36.0 Å². The van der Waals surface area contributed by atoms with E-state index in [0.29, 0.717) is 11.5 Å². The Morgan fingerprint density at radius 2 is 2.38 bits per heavy atom. The molecule has 0 aliphatic heterocycles. The van der Waals surface area contributed by atoms with Crippen LogP contribution in [0.4, 0.5) is 5.69 Å². The normalized spacial score (nSPS) is 10.5. The summed E-state index contributed by atoms with van der Waals surface area (Å²) in [5, 5.41) is 18.4. The Balaban J connectivity index is 2.05. The second-order valence-electron chi connectivity index (χ2n) is 4.41. The number of nitrogens with zero attached hydrogens (tertiary/aromatic N) is 4. The molecule has 0 radical (unpaired) electrons. The molecule has 126 valence electrons. The molecule has 0 bridgehead atoms. The Morgan fingerprint density at radius 1 is 1.58 bits per heavy atom. The Morgan fingerprint density at radius 3 is 3.00 bits per heavy atom. The van der Waals surface area contributed by atoms with Crippen molar-refractivity contribution in [1.29, 1.82) is 0 Å². The molecule has 24 heavy (non-hydrogen) atoms. The summed E-state index contributed by atoms with van der Waals surface area (Å²) in [6.07, 6.45) is 3.94. The SMILES string of the molecule is COc1cc(C=NNC(N)=S)ccc1OCn1cc([N+](=O)[O-])cn1. The molecule has 1 heterocycles. The zero-order chi connectivity index (χ0) is 17.5. The minimum absolute atomic E-state index is 0.000630. The maximum Gasteiger partial charge on any atom is 0.307 e. The van der Waals surface area contributed by atoms with Gasteiger partial charge in [-0.1, -0.05) is 0 Å². The van der Waals surface area contributed by atoms with Gasteiger partial charge in [0.15, 0.2) is 23.3 Å². The zero-order valence-electron chi connectivity index (χ0n) is 12.6. The average Bonchev–Trinajstić information content (AvgIpc) is 3.02. The number of hydrogen-bond donors (Lipinski definition) is 2. The minimum Gasteiger partial charge on any atom is -0.493 e. The number of nitro groups is 1. The van der Waals surface area contributed by atoms with Crippen LogP contribution < -0.4 is 20.6 Å². The summed E-state index contributed by atoms with van der Waals surface area (Å²) < 4.78 is 12.1. The number of hydrazone groups is 1. The van der Waals surface area contributed by atoms with E-state index in [1.165, 1.54) is 24.2 Å². The van der Waals surface area contributed by atoms with Crippen LogP contribution in [-0.2, 0) is 6.73 Å². The van der Waals surface area contributed by atoms with Gasteiger partial charge in [-0.3, -0.25) is 15.5 Å². The molecule has 10 nitrogen and oxygen atoms in total. The fourth-order valence-electron chi connectivity index (χ4n) is 1.71. The highest BCUT2D eigenvalue weighted by Crippen LogP contribution is 2.27. The number of benzene rings is 1. The highest BCUT2D eigenvalue weighted by Gasteiger charge is 2.10. The first kappa shape index (κ1) is 17.1. The molecule has 0 aliphatic rings. The van der Waals surface area contributed by atoms with E-state index in [1.807, 2.05) is 0 Å². The Bertz CT molecular complexity index is 776. The summed E-state index contributed by atoms with van der Waals surface area (Å²) in [7, 11) is 1.50. The van der Waals surface area contributed by atoms with Gasteiger partial charge >= 0.3 is 5.69 Å². The number of ether oxygens (including phenoxy) is 2. The number of nitrogens with one attached hydrogen (secondary N) is 1. The smallest absolute Gasteiger partial charge is 0.307 e. The van der Waals surface area contributed by atoms with Gasteiger partial charge < -0.3 is 15.2 Å². The van der Waals surface area contributed by atoms with Crippen LogP contribution in [0.2, 0.25) is 0 Å². The molecule has 0 saturated carbocycles. The number of thiocarbonyl (C=S) groups is 1. The van der Waals surface area contributed by atoms with Crippen molar-refractivity contribution in [2.45, 2.75) is 6.73 Å². The summed E-state index contributed by atoms with van der Waals surface area (Å²) in [5.41, 5.74) is 8.33. The lowest BCUT2D eigenvalue weighted by Gasteiger charge is -2.11. The first-order valence-corrected chi connectivity index (χ1v) is 6.96. The molecular weight excluding hydrogens is 336 g/mol. The lowest BCUT2D eigenvalue weighted by atomic mass is 10.2. The second-order valence-corrected chi connectivity index (χ2v) is 4.85. The van der Waals surface area contributed by atoms with Crippen molar-refractivity contribution in [3.05, 3.63) is 46.3 Å². The monoisotopic (exact) mass is 350 g/mol. The molecule has 0 unspecified atom stereocenters. The molecule has 0 aliphatic carbocycles. The predicted molar refractivity (Wildman–Crippen MR) is 90.0 cm³/mol. The van der Waals surface area contributed by atoms with Crippen molar-refractivity contribution in [3.63, 3.8) is 0 Å². The van der Waals surface area contributed by atoms with Crippen molar-refractivity contribution < 1.29 is 14.4 Å². The van der Waals surface area contributed by atoms with Gasteiger partial charge in [-0.2, -0.15) is 10.2 Å². The molecular formula is C13H14N6O4S. The molecule has 0 fully saturated rings. The lowest BCUT2D eigenvalue weighted by molar-refractivity contribution is -0.385. The molecule has 3 N–H and O–H groups in total. The third-order valence-electron chi connectivity index (χ3n) is 2.76. The van der Waals surface area contributed by atoms with Crippen LogP contribution in [0.25, 0.3) is 0 Å². The quantitative estimate of drug-likeness (QED) is 0.327. The van der Waals surface area contributed by atoms with Gasteiger partial charge in [0.05, 0.1) is 18.2 Å². The number of hydrogen-bond acceptors (Lipinski definition) is 7. The largest absolute Gasteiger partial charge is 0.493 e. The molecule has 11 heteroatoms. The number of methoxy groups -OCH3 is 1. The van der Waals surface area contributed by atoms with Gasteiger partial charge in [-0.15, -0.1) is 0 Å². The summed E-state index contributed by atoms with van der Waals surface area (Å²) >= 11 is 4.64. The van der Waals surface area contributed by atoms with E-state index in [1.54, 1.807) is 18.2 Å². The summed E-state index contributed by atoms with van der Waals surface area (Å²) in [6.45, 7) is 0.000630. The first-order valence-electron chi connectivity index (χ1n) is 6.56. The van der Waals surface area contributed by atoms with Crippen LogP contribution in [0, 0.1) is 10.1 Å². The van der Waals surface area contributed by atoms with Crippen molar-refractivity contribution in [1.82, 2.24) is 15.2 Å². The molecule has 1 aromatic carbocycles. The van der Waals surface area contributed by atoms with Crippen LogP contribution in [0.1, 0.15) is 5.56 Å². The maximum absolute atomic E-state index is 10.6. The van der Waals surface area contributed by atoms with Crippen molar-refractivity contribution in [2.24, 2.45) is 10.8 Å². The minimum atomic E-state index is -0.529. The van der Waals surface area contributed by atoms with E-state index in [-0.39, 0.29) is 17.5 Å². The Hall–Kier alpha value is -3.21. The third kappa shape index (κ3) is 4.64. The van der Waals surface area contributed by atoms with Crippen molar-refractivity contribution >= 4 is 29.2 Å². The van der Waals surface area contributed by atoms with Gasteiger partial charge in [0.25, 0.3) is 0 Å². The van der Waals surface area contributed by atoms with Gasteiger partial charge in [0, 0.05) is 0 Å². The van der Waals surface area contributed by atoms with Crippen LogP contribution in [0.5, 0.6) is 11.5 Å². The van der Waals surface area contributed by atoms with E-state index in [0.717, 1.165) is 11.8 Å². The Kier molecular flexibility index (Phi) is 5.63. The molecule has 0 atom stereocenters. The van der Waals surface area contributed by atoms with Crippen LogP contribution in [0.3, 0.4) is 0 Å². The first-order chi connectivity index (χ1) is 11.5. The van der Waals surface area contributed by atoms with Gasteiger partial charge in [0.1, 0.15) is 12.4 Å². The number of nitrogens with two attached hydrogens (primary N) is 1.